The van der Waals surface area contributed by atoms with E-state index < -0.39 is 0 Å². The number of piperidine rings is 1. The molecular weight excluding hydrogens is 238 g/mol. The van der Waals surface area contributed by atoms with Crippen LogP contribution in [0.5, 0.6) is 0 Å². The molecule has 1 aromatic carbocycles. The van der Waals surface area contributed by atoms with Gasteiger partial charge in [0.25, 0.3) is 0 Å². The summed E-state index contributed by atoms with van der Waals surface area (Å²) in [5.41, 5.74) is 2.79. The van der Waals surface area contributed by atoms with Crippen LogP contribution in [-0.2, 0) is 11.3 Å². The molecule has 102 valence electrons. The highest BCUT2D eigenvalue weighted by molar-refractivity contribution is 5.76. The van der Waals surface area contributed by atoms with Crippen molar-refractivity contribution in [2.24, 2.45) is 0 Å². The van der Waals surface area contributed by atoms with Crippen LogP contribution in [-0.4, -0.2) is 25.0 Å². The lowest BCUT2D eigenvalue weighted by Gasteiger charge is -2.29. The Kier molecular flexibility index (Phi) is 3.80. The molecular formula is C15H21N3O. The number of amides is 1. The fourth-order valence-electron chi connectivity index (χ4n) is 2.99. The van der Waals surface area contributed by atoms with Crippen molar-refractivity contribution >= 4 is 5.91 Å². The van der Waals surface area contributed by atoms with Crippen LogP contribution in [0.4, 0.5) is 0 Å². The van der Waals surface area contributed by atoms with Gasteiger partial charge < -0.3 is 16.0 Å². The van der Waals surface area contributed by atoms with Crippen LogP contribution >= 0.6 is 0 Å². The number of benzene rings is 1. The monoisotopic (exact) mass is 259 g/mol. The minimum Gasteiger partial charge on any atom is -0.355 e. The van der Waals surface area contributed by atoms with Gasteiger partial charge in [0.15, 0.2) is 0 Å². The zero-order chi connectivity index (χ0) is 13.1. The van der Waals surface area contributed by atoms with Gasteiger partial charge in [-0.05, 0) is 30.5 Å². The van der Waals surface area contributed by atoms with Crippen LogP contribution < -0.4 is 16.0 Å². The second-order valence-electron chi connectivity index (χ2n) is 5.42. The minimum atomic E-state index is 0.181. The molecule has 0 radical (unpaired) electrons. The van der Waals surface area contributed by atoms with Gasteiger partial charge in [-0.2, -0.15) is 0 Å². The number of carbonyl (C=O) groups is 1. The molecule has 1 fully saturated rings. The maximum atomic E-state index is 11.2. The first-order valence-electron chi connectivity index (χ1n) is 7.14. The SMILES string of the molecule is O=C1CCC(NC2CCNCc3ccccc32)CN1. The minimum absolute atomic E-state index is 0.181. The van der Waals surface area contributed by atoms with Crippen molar-refractivity contribution in [1.82, 2.24) is 16.0 Å². The Bertz CT molecular complexity index is 450. The van der Waals surface area contributed by atoms with Crippen molar-refractivity contribution in [3.05, 3.63) is 35.4 Å². The van der Waals surface area contributed by atoms with Gasteiger partial charge in [-0.1, -0.05) is 24.3 Å². The van der Waals surface area contributed by atoms with Gasteiger partial charge in [-0.3, -0.25) is 4.79 Å². The van der Waals surface area contributed by atoms with E-state index in [1.807, 2.05) is 0 Å². The fraction of sp³-hybridized carbons (Fsp3) is 0.533. The molecule has 0 spiro atoms. The summed E-state index contributed by atoms with van der Waals surface area (Å²) < 4.78 is 0. The number of carbonyl (C=O) groups excluding carboxylic acids is 1. The van der Waals surface area contributed by atoms with Gasteiger partial charge in [0.05, 0.1) is 0 Å². The van der Waals surface area contributed by atoms with Crippen LogP contribution in [0.1, 0.15) is 36.4 Å². The maximum Gasteiger partial charge on any atom is 0.220 e. The Morgan fingerprint density at radius 2 is 2.11 bits per heavy atom. The summed E-state index contributed by atoms with van der Waals surface area (Å²) >= 11 is 0. The third kappa shape index (κ3) is 2.96. The Morgan fingerprint density at radius 1 is 1.21 bits per heavy atom. The van der Waals surface area contributed by atoms with Gasteiger partial charge in [0.1, 0.15) is 0 Å². The summed E-state index contributed by atoms with van der Waals surface area (Å²) in [6.07, 6.45) is 2.68. The summed E-state index contributed by atoms with van der Waals surface area (Å²) in [5.74, 6) is 0.181. The van der Waals surface area contributed by atoms with Crippen LogP contribution in [0.25, 0.3) is 0 Å². The molecule has 4 nitrogen and oxygen atoms in total. The van der Waals surface area contributed by atoms with Crippen LogP contribution in [0.15, 0.2) is 24.3 Å². The van der Waals surface area contributed by atoms with E-state index in [2.05, 4.69) is 40.2 Å². The summed E-state index contributed by atoms with van der Waals surface area (Å²) in [4.78, 5) is 11.2. The number of nitrogens with one attached hydrogen (secondary N) is 3. The number of fused-ring (bicyclic) bond motifs is 1. The summed E-state index contributed by atoms with van der Waals surface area (Å²) in [6, 6.07) is 9.43. The molecule has 2 aliphatic rings. The van der Waals surface area contributed by atoms with E-state index >= 15 is 0 Å². The topological polar surface area (TPSA) is 53.2 Å². The van der Waals surface area contributed by atoms with E-state index in [0.717, 1.165) is 32.5 Å². The van der Waals surface area contributed by atoms with Gasteiger partial charge in [0, 0.05) is 31.6 Å². The van der Waals surface area contributed by atoms with Crippen molar-refractivity contribution in [3.63, 3.8) is 0 Å². The molecule has 1 saturated heterocycles. The first-order chi connectivity index (χ1) is 9.33. The molecule has 4 heteroatoms. The zero-order valence-electron chi connectivity index (χ0n) is 11.1. The summed E-state index contributed by atoms with van der Waals surface area (Å²) in [7, 11) is 0. The molecule has 3 rings (SSSR count). The van der Waals surface area contributed by atoms with Gasteiger partial charge in [-0.15, -0.1) is 0 Å². The normalized spacial score (nSPS) is 27.3. The Labute approximate surface area is 114 Å². The second-order valence-corrected chi connectivity index (χ2v) is 5.42. The molecule has 2 atom stereocenters. The molecule has 1 amide bonds. The van der Waals surface area contributed by atoms with Crippen molar-refractivity contribution in [1.29, 1.82) is 0 Å². The molecule has 1 aromatic rings. The molecule has 2 unspecified atom stereocenters. The van der Waals surface area contributed by atoms with Crippen molar-refractivity contribution in [2.45, 2.75) is 37.9 Å². The average Bonchev–Trinajstić information content (AvgIpc) is 2.64. The third-order valence-corrected chi connectivity index (χ3v) is 4.06. The molecule has 2 aliphatic heterocycles. The molecule has 0 saturated carbocycles. The molecule has 2 heterocycles. The maximum absolute atomic E-state index is 11.2. The third-order valence-electron chi connectivity index (χ3n) is 4.06. The first kappa shape index (κ1) is 12.6. The Morgan fingerprint density at radius 3 is 2.95 bits per heavy atom. The van der Waals surface area contributed by atoms with Crippen molar-refractivity contribution < 1.29 is 4.79 Å². The van der Waals surface area contributed by atoms with Crippen molar-refractivity contribution in [2.75, 3.05) is 13.1 Å². The first-order valence-corrected chi connectivity index (χ1v) is 7.14. The van der Waals surface area contributed by atoms with E-state index in [9.17, 15) is 4.79 Å². The second kappa shape index (κ2) is 5.72. The Hall–Kier alpha value is -1.39. The standard InChI is InChI=1S/C15H21N3O/c19-15-6-5-12(10-17-15)18-14-7-8-16-9-11-3-1-2-4-13(11)14/h1-4,12,14,16,18H,5-10H2,(H,17,19). The van der Waals surface area contributed by atoms with Gasteiger partial charge >= 0.3 is 0 Å². The Balaban J connectivity index is 1.72. The van der Waals surface area contributed by atoms with E-state index in [1.54, 1.807) is 0 Å². The van der Waals surface area contributed by atoms with E-state index in [1.165, 1.54) is 11.1 Å². The van der Waals surface area contributed by atoms with Gasteiger partial charge in [0.2, 0.25) is 5.91 Å². The highest BCUT2D eigenvalue weighted by atomic mass is 16.1. The number of rotatable bonds is 2. The molecule has 0 aromatic heterocycles. The van der Waals surface area contributed by atoms with Gasteiger partial charge in [-0.25, -0.2) is 0 Å². The lowest BCUT2D eigenvalue weighted by molar-refractivity contribution is -0.122. The molecule has 19 heavy (non-hydrogen) atoms. The van der Waals surface area contributed by atoms with Crippen LogP contribution in [0.2, 0.25) is 0 Å². The molecule has 3 N–H and O–H groups in total. The van der Waals surface area contributed by atoms with E-state index in [0.29, 0.717) is 18.5 Å². The predicted octanol–water partition coefficient (Wildman–Crippen LogP) is 1.09. The average molecular weight is 259 g/mol. The summed E-state index contributed by atoms with van der Waals surface area (Å²) in [6.45, 7) is 2.74. The fourth-order valence-corrected chi connectivity index (χ4v) is 2.99. The smallest absolute Gasteiger partial charge is 0.220 e. The highest BCUT2D eigenvalue weighted by Crippen LogP contribution is 2.24. The molecule has 0 bridgehead atoms. The van der Waals surface area contributed by atoms with Crippen LogP contribution in [0.3, 0.4) is 0 Å². The van der Waals surface area contributed by atoms with E-state index in [-0.39, 0.29) is 5.91 Å². The van der Waals surface area contributed by atoms with Crippen molar-refractivity contribution in [3.8, 4) is 0 Å². The quantitative estimate of drug-likeness (QED) is 0.745. The highest BCUT2D eigenvalue weighted by Gasteiger charge is 2.23. The van der Waals surface area contributed by atoms with E-state index in [4.69, 9.17) is 0 Å². The molecule has 0 aliphatic carbocycles. The summed E-state index contributed by atoms with van der Waals surface area (Å²) in [5, 5.41) is 10.1. The lowest BCUT2D eigenvalue weighted by Crippen LogP contribution is -2.47. The number of hydrogen-bond acceptors (Lipinski definition) is 3. The number of hydrogen-bond donors (Lipinski definition) is 3. The lowest BCUT2D eigenvalue weighted by atomic mass is 9.97. The predicted molar refractivity (Wildman–Crippen MR) is 74.7 cm³/mol. The largest absolute Gasteiger partial charge is 0.355 e. The zero-order valence-corrected chi connectivity index (χ0v) is 11.1. The van der Waals surface area contributed by atoms with Crippen LogP contribution in [0, 0.1) is 0 Å².